The average molecular weight is 320 g/mol. The van der Waals surface area contributed by atoms with E-state index >= 15 is 0 Å². The number of carbonyl (C=O) groups excluding carboxylic acids is 1. The number of fused-ring (bicyclic) bond motifs is 1. The summed E-state index contributed by atoms with van der Waals surface area (Å²) in [6.07, 6.45) is 1.34. The highest BCUT2D eigenvalue weighted by Crippen LogP contribution is 2.25. The van der Waals surface area contributed by atoms with Gasteiger partial charge in [0.1, 0.15) is 5.60 Å². The second-order valence-electron chi connectivity index (χ2n) is 6.10. The molecule has 0 unspecified atom stereocenters. The zero-order valence-electron chi connectivity index (χ0n) is 12.9. The van der Waals surface area contributed by atoms with Crippen LogP contribution in [0.4, 0.5) is 4.79 Å². The van der Waals surface area contributed by atoms with Crippen LogP contribution in [0, 0.1) is 0 Å². The van der Waals surface area contributed by atoms with Crippen LogP contribution in [0.5, 0.6) is 0 Å². The Morgan fingerprint density at radius 1 is 1.41 bits per heavy atom. The monoisotopic (exact) mass is 320 g/mol. The summed E-state index contributed by atoms with van der Waals surface area (Å²) in [5, 5.41) is 4.04. The Labute approximate surface area is 135 Å². The minimum atomic E-state index is -0.490. The lowest BCUT2D eigenvalue weighted by atomic mass is 10.1. The zero-order chi connectivity index (χ0) is 16.3. The topological polar surface area (TPSA) is 80.0 Å². The molecule has 0 saturated heterocycles. The van der Waals surface area contributed by atoms with Gasteiger partial charge in [0, 0.05) is 13.1 Å². The summed E-state index contributed by atoms with van der Waals surface area (Å²) in [5.41, 5.74) is 10.4. The molecule has 1 aliphatic rings. The van der Waals surface area contributed by atoms with Crippen molar-refractivity contribution < 1.29 is 9.53 Å². The first-order valence-corrected chi connectivity index (χ1v) is 7.34. The molecule has 0 radical (unpaired) electrons. The van der Waals surface area contributed by atoms with E-state index in [1.807, 2.05) is 39.0 Å². The summed E-state index contributed by atoms with van der Waals surface area (Å²) in [6, 6.07) is 5.91. The third-order valence-corrected chi connectivity index (χ3v) is 3.08. The largest absolute Gasteiger partial charge is 0.444 e. The molecule has 0 bridgehead atoms. The van der Waals surface area contributed by atoms with Crippen molar-refractivity contribution in [1.82, 2.24) is 10.3 Å². The smallest absolute Gasteiger partial charge is 0.410 e. The lowest BCUT2D eigenvalue weighted by Crippen LogP contribution is -2.33. The highest BCUT2D eigenvalue weighted by Gasteiger charge is 2.27. The molecule has 1 heterocycles. The molecule has 0 atom stereocenters. The fourth-order valence-electron chi connectivity index (χ4n) is 2.12. The highest BCUT2D eigenvalue weighted by molar-refractivity contribution is 7.80. The predicted octanol–water partition coefficient (Wildman–Crippen LogP) is 2.10. The maximum Gasteiger partial charge on any atom is 0.410 e. The molecule has 0 aliphatic carbocycles. The summed E-state index contributed by atoms with van der Waals surface area (Å²) in [4.78, 5) is 13.8. The summed E-state index contributed by atoms with van der Waals surface area (Å²) < 4.78 is 5.40. The van der Waals surface area contributed by atoms with E-state index in [4.69, 9.17) is 10.5 Å². The van der Waals surface area contributed by atoms with Gasteiger partial charge in [-0.25, -0.2) is 4.79 Å². The van der Waals surface area contributed by atoms with Crippen molar-refractivity contribution >= 4 is 29.6 Å². The molecule has 0 fully saturated rings. The molecule has 6 nitrogen and oxygen atoms in total. The van der Waals surface area contributed by atoms with Gasteiger partial charge in [-0.3, -0.25) is 10.3 Å². The zero-order valence-corrected chi connectivity index (χ0v) is 13.7. The van der Waals surface area contributed by atoms with E-state index in [1.165, 1.54) is 0 Å². The minimum Gasteiger partial charge on any atom is -0.444 e. The summed E-state index contributed by atoms with van der Waals surface area (Å²) in [7, 11) is 0. The van der Waals surface area contributed by atoms with E-state index in [0.717, 1.165) is 16.7 Å². The molecule has 0 spiro atoms. The van der Waals surface area contributed by atoms with Gasteiger partial charge in [0.05, 0.1) is 6.21 Å². The summed E-state index contributed by atoms with van der Waals surface area (Å²) >= 11 is 4.67. The highest BCUT2D eigenvalue weighted by atomic mass is 32.1. The summed E-state index contributed by atoms with van der Waals surface area (Å²) in [5.74, 6) is 0. The van der Waals surface area contributed by atoms with E-state index < -0.39 is 5.60 Å². The van der Waals surface area contributed by atoms with Gasteiger partial charge in [-0.1, -0.05) is 12.1 Å². The number of hydrogen-bond acceptors (Lipinski definition) is 4. The van der Waals surface area contributed by atoms with Crippen LogP contribution in [0.3, 0.4) is 0 Å². The maximum atomic E-state index is 12.1. The van der Waals surface area contributed by atoms with Gasteiger partial charge in [-0.05, 0) is 55.7 Å². The number of benzene rings is 1. The number of carbonyl (C=O) groups is 1. The number of hydrogen-bond donors (Lipinski definition) is 2. The van der Waals surface area contributed by atoms with Gasteiger partial charge in [-0.2, -0.15) is 5.10 Å². The molecule has 1 amide bonds. The van der Waals surface area contributed by atoms with E-state index in [9.17, 15) is 4.79 Å². The van der Waals surface area contributed by atoms with Crippen LogP contribution >= 0.6 is 12.2 Å². The second kappa shape index (κ2) is 6.31. The number of amides is 1. The number of nitrogens with two attached hydrogens (primary N) is 1. The third-order valence-electron chi connectivity index (χ3n) is 2.99. The Morgan fingerprint density at radius 3 is 2.73 bits per heavy atom. The van der Waals surface area contributed by atoms with Crippen LogP contribution < -0.4 is 11.2 Å². The normalized spacial score (nSPS) is 14.0. The first-order valence-electron chi connectivity index (χ1n) is 6.93. The van der Waals surface area contributed by atoms with Crippen LogP contribution in [-0.2, 0) is 17.8 Å². The van der Waals surface area contributed by atoms with Crippen molar-refractivity contribution in [2.45, 2.75) is 39.5 Å². The van der Waals surface area contributed by atoms with Crippen LogP contribution in [0.15, 0.2) is 23.3 Å². The Balaban J connectivity index is 2.03. The molecule has 7 heteroatoms. The predicted molar refractivity (Wildman–Crippen MR) is 89.4 cm³/mol. The molecule has 0 saturated carbocycles. The molecular formula is C15H20N4O2S. The fourth-order valence-corrected chi connectivity index (χ4v) is 2.17. The fraction of sp³-hybridized carbons (Fsp3) is 0.400. The number of rotatable bonds is 2. The number of hydrazone groups is 1. The van der Waals surface area contributed by atoms with Crippen molar-refractivity contribution in [1.29, 1.82) is 0 Å². The molecule has 0 aromatic heterocycles. The number of nitrogens with zero attached hydrogens (tertiary/aromatic N) is 2. The quantitative estimate of drug-likeness (QED) is 0.495. The van der Waals surface area contributed by atoms with Crippen molar-refractivity contribution in [2.75, 3.05) is 0 Å². The molecule has 22 heavy (non-hydrogen) atoms. The molecule has 1 aromatic carbocycles. The number of ether oxygens (including phenoxy) is 1. The minimum absolute atomic E-state index is 0.119. The van der Waals surface area contributed by atoms with Crippen molar-refractivity contribution in [2.24, 2.45) is 10.8 Å². The van der Waals surface area contributed by atoms with Crippen molar-refractivity contribution in [3.05, 3.63) is 34.9 Å². The van der Waals surface area contributed by atoms with Crippen molar-refractivity contribution in [3.8, 4) is 0 Å². The molecule has 2 rings (SSSR count). The van der Waals surface area contributed by atoms with Gasteiger partial charge in [0.2, 0.25) is 0 Å². The van der Waals surface area contributed by atoms with Crippen molar-refractivity contribution in [3.63, 3.8) is 0 Å². The standard InChI is InChI=1S/C15H20N4O2S/c1-15(2,3)21-14(20)19-8-11-5-4-10(6-12(11)9-19)7-17-18-13(16)22/h4-7H,8-9H2,1-3H3,(H3,16,18,22). The molecule has 1 aromatic rings. The molecule has 3 N–H and O–H groups in total. The van der Waals surface area contributed by atoms with Gasteiger partial charge >= 0.3 is 6.09 Å². The average Bonchev–Trinajstić information content (AvgIpc) is 2.79. The van der Waals surface area contributed by atoms with E-state index in [1.54, 1.807) is 11.1 Å². The third kappa shape index (κ3) is 4.42. The lowest BCUT2D eigenvalue weighted by Gasteiger charge is -2.24. The van der Waals surface area contributed by atoms with Crippen LogP contribution in [0.2, 0.25) is 0 Å². The van der Waals surface area contributed by atoms with E-state index in [0.29, 0.717) is 13.1 Å². The first-order chi connectivity index (χ1) is 10.2. The molecule has 118 valence electrons. The van der Waals surface area contributed by atoms with Gasteiger partial charge < -0.3 is 10.5 Å². The van der Waals surface area contributed by atoms with E-state index in [-0.39, 0.29) is 11.2 Å². The molecule has 1 aliphatic heterocycles. The SMILES string of the molecule is CC(C)(C)OC(=O)N1Cc2ccc(C=NNC(N)=S)cc2C1. The van der Waals surface area contributed by atoms with Gasteiger partial charge in [-0.15, -0.1) is 0 Å². The van der Waals surface area contributed by atoms with Gasteiger partial charge in [0.25, 0.3) is 0 Å². The summed E-state index contributed by atoms with van der Waals surface area (Å²) in [6.45, 7) is 6.67. The van der Waals surface area contributed by atoms with Crippen LogP contribution in [0.1, 0.15) is 37.5 Å². The maximum absolute atomic E-state index is 12.1. The van der Waals surface area contributed by atoms with Crippen LogP contribution in [-0.4, -0.2) is 27.9 Å². The Kier molecular flexibility index (Phi) is 4.65. The number of nitrogens with one attached hydrogen (secondary N) is 1. The Bertz CT molecular complexity index is 622. The van der Waals surface area contributed by atoms with Crippen LogP contribution in [0.25, 0.3) is 0 Å². The lowest BCUT2D eigenvalue weighted by molar-refractivity contribution is 0.0242. The van der Waals surface area contributed by atoms with E-state index in [2.05, 4.69) is 22.7 Å². The second-order valence-corrected chi connectivity index (χ2v) is 6.54. The first kappa shape index (κ1) is 16.2. The Morgan fingerprint density at radius 2 is 2.09 bits per heavy atom. The molecular weight excluding hydrogens is 300 g/mol. The Hall–Kier alpha value is -2.15. The van der Waals surface area contributed by atoms with Gasteiger partial charge in [0.15, 0.2) is 5.11 Å². The number of thiocarbonyl (C=S) groups is 1.